The number of anilines is 2. The largest absolute Gasteiger partial charge is 0.433 e. The lowest BCUT2D eigenvalue weighted by Gasteiger charge is -2.36. The third-order valence-electron chi connectivity index (χ3n) is 3.58. The summed E-state index contributed by atoms with van der Waals surface area (Å²) >= 11 is 0. The first-order valence-corrected chi connectivity index (χ1v) is 6.91. The van der Waals surface area contributed by atoms with Gasteiger partial charge >= 0.3 is 6.61 Å². The molecule has 0 saturated carbocycles. The number of rotatable bonds is 6. The van der Waals surface area contributed by atoms with Crippen LogP contribution in [-0.2, 0) is 4.74 Å². The van der Waals surface area contributed by atoms with Crippen LogP contribution in [0.2, 0.25) is 0 Å². The number of nitrogens with zero attached hydrogens (tertiary/aromatic N) is 2. The van der Waals surface area contributed by atoms with E-state index < -0.39 is 6.61 Å². The maximum Gasteiger partial charge on any atom is 0.387 e. The molecule has 1 heterocycles. The third kappa shape index (κ3) is 4.18. The predicted molar refractivity (Wildman–Crippen MR) is 78.0 cm³/mol. The molecule has 118 valence electrons. The zero-order chi connectivity index (χ0) is 15.2. The number of hydrogen-bond acceptors (Lipinski definition) is 5. The number of alkyl halides is 2. The average molecular weight is 301 g/mol. The Morgan fingerprint density at radius 2 is 1.95 bits per heavy atom. The van der Waals surface area contributed by atoms with Gasteiger partial charge in [0, 0.05) is 39.8 Å². The van der Waals surface area contributed by atoms with Gasteiger partial charge in [-0.25, -0.2) is 0 Å². The van der Waals surface area contributed by atoms with E-state index in [-0.39, 0.29) is 11.4 Å². The van der Waals surface area contributed by atoms with Crippen molar-refractivity contribution >= 4 is 11.4 Å². The number of halogens is 2. The molecule has 21 heavy (non-hydrogen) atoms. The van der Waals surface area contributed by atoms with Crippen molar-refractivity contribution in [1.82, 2.24) is 4.90 Å². The monoisotopic (exact) mass is 301 g/mol. The zero-order valence-electron chi connectivity index (χ0n) is 12.1. The second kappa shape index (κ2) is 7.42. The van der Waals surface area contributed by atoms with Crippen LogP contribution in [0.1, 0.15) is 0 Å². The maximum absolute atomic E-state index is 12.3. The molecule has 1 fully saturated rings. The van der Waals surface area contributed by atoms with Crippen molar-refractivity contribution in [1.29, 1.82) is 0 Å². The van der Waals surface area contributed by atoms with Crippen molar-refractivity contribution in [2.45, 2.75) is 6.61 Å². The Hall–Kier alpha value is -1.60. The van der Waals surface area contributed by atoms with Gasteiger partial charge in [0.05, 0.1) is 18.0 Å². The fourth-order valence-corrected chi connectivity index (χ4v) is 2.44. The van der Waals surface area contributed by atoms with Crippen molar-refractivity contribution in [2.75, 3.05) is 57.1 Å². The van der Waals surface area contributed by atoms with Crippen LogP contribution in [-0.4, -0.2) is 58.0 Å². The third-order valence-corrected chi connectivity index (χ3v) is 3.58. The van der Waals surface area contributed by atoms with Crippen LogP contribution in [0, 0.1) is 0 Å². The molecule has 0 atom stereocenters. The molecular weight excluding hydrogens is 280 g/mol. The van der Waals surface area contributed by atoms with Gasteiger partial charge in [-0.2, -0.15) is 8.78 Å². The molecule has 1 saturated heterocycles. The highest BCUT2D eigenvalue weighted by molar-refractivity contribution is 5.74. The van der Waals surface area contributed by atoms with E-state index in [9.17, 15) is 8.78 Å². The van der Waals surface area contributed by atoms with Crippen molar-refractivity contribution in [3.05, 3.63) is 18.2 Å². The molecule has 1 aliphatic heterocycles. The smallest absolute Gasteiger partial charge is 0.387 e. The van der Waals surface area contributed by atoms with Crippen LogP contribution in [0.4, 0.5) is 20.2 Å². The van der Waals surface area contributed by atoms with E-state index in [0.29, 0.717) is 6.61 Å². The molecule has 0 bridgehead atoms. The van der Waals surface area contributed by atoms with Crippen LogP contribution in [0.15, 0.2) is 18.2 Å². The van der Waals surface area contributed by atoms with Gasteiger partial charge in [0.25, 0.3) is 0 Å². The Kier molecular flexibility index (Phi) is 5.58. The molecule has 2 N–H and O–H groups in total. The van der Waals surface area contributed by atoms with E-state index in [1.54, 1.807) is 13.2 Å². The Morgan fingerprint density at radius 3 is 2.57 bits per heavy atom. The van der Waals surface area contributed by atoms with Crippen molar-refractivity contribution in [3.8, 4) is 5.75 Å². The van der Waals surface area contributed by atoms with Gasteiger partial charge in [0.15, 0.2) is 5.75 Å². The van der Waals surface area contributed by atoms with Gasteiger partial charge in [0.2, 0.25) is 0 Å². The zero-order valence-corrected chi connectivity index (χ0v) is 12.1. The number of nitrogens with two attached hydrogens (primary N) is 1. The van der Waals surface area contributed by atoms with Gasteiger partial charge in [-0.05, 0) is 12.1 Å². The summed E-state index contributed by atoms with van der Waals surface area (Å²) in [5.74, 6) is 0.0318. The lowest BCUT2D eigenvalue weighted by Crippen LogP contribution is -2.47. The summed E-state index contributed by atoms with van der Waals surface area (Å²) in [5, 5.41) is 0. The number of nitrogen functional groups attached to an aromatic ring is 1. The summed E-state index contributed by atoms with van der Waals surface area (Å²) in [4.78, 5) is 4.40. The first-order valence-electron chi connectivity index (χ1n) is 6.91. The first kappa shape index (κ1) is 15.8. The summed E-state index contributed by atoms with van der Waals surface area (Å²) in [6.07, 6.45) is 0. The standard InChI is InChI=1S/C14H21F2N3O2/c1-20-10-9-18-5-7-19(8-6-18)11-3-2-4-12(13(11)17)21-14(15)16/h2-4,14H,5-10,17H2,1H3. The molecular formula is C14H21F2N3O2. The number of para-hydroxylation sites is 1. The SMILES string of the molecule is COCCN1CCN(c2cccc(OC(F)F)c2N)CC1. The summed E-state index contributed by atoms with van der Waals surface area (Å²) in [6.45, 7) is 2.12. The van der Waals surface area contributed by atoms with E-state index in [4.69, 9.17) is 10.5 Å². The molecule has 0 amide bonds. The first-order chi connectivity index (χ1) is 10.1. The molecule has 0 aliphatic carbocycles. The fourth-order valence-electron chi connectivity index (χ4n) is 2.44. The summed E-state index contributed by atoms with van der Waals surface area (Å²) in [5.41, 5.74) is 6.96. The summed E-state index contributed by atoms with van der Waals surface area (Å²) in [7, 11) is 1.69. The molecule has 0 spiro atoms. The highest BCUT2D eigenvalue weighted by Gasteiger charge is 2.20. The predicted octanol–water partition coefficient (Wildman–Crippen LogP) is 1.64. The Balaban J connectivity index is 2.00. The number of piperazine rings is 1. The van der Waals surface area contributed by atoms with Gasteiger partial charge in [0.1, 0.15) is 0 Å². The molecule has 5 nitrogen and oxygen atoms in total. The van der Waals surface area contributed by atoms with Crippen molar-refractivity contribution < 1.29 is 18.3 Å². The minimum Gasteiger partial charge on any atom is -0.433 e. The van der Waals surface area contributed by atoms with Crippen LogP contribution >= 0.6 is 0 Å². The molecule has 0 radical (unpaired) electrons. The summed E-state index contributed by atoms with van der Waals surface area (Å²) < 4.78 is 34.2. The lowest BCUT2D eigenvalue weighted by atomic mass is 10.2. The van der Waals surface area contributed by atoms with Crippen molar-refractivity contribution in [3.63, 3.8) is 0 Å². The molecule has 2 rings (SSSR count). The molecule has 7 heteroatoms. The van der Waals surface area contributed by atoms with Gasteiger partial charge in [-0.1, -0.05) is 6.07 Å². The van der Waals surface area contributed by atoms with Crippen LogP contribution in [0.3, 0.4) is 0 Å². The van der Waals surface area contributed by atoms with E-state index in [0.717, 1.165) is 38.4 Å². The highest BCUT2D eigenvalue weighted by Crippen LogP contribution is 2.33. The minimum absolute atomic E-state index is 0.0318. The van der Waals surface area contributed by atoms with Crippen LogP contribution in [0.5, 0.6) is 5.75 Å². The van der Waals surface area contributed by atoms with Gasteiger partial charge < -0.3 is 20.1 Å². The van der Waals surface area contributed by atoms with E-state index >= 15 is 0 Å². The number of hydrogen-bond donors (Lipinski definition) is 1. The highest BCUT2D eigenvalue weighted by atomic mass is 19.3. The van der Waals surface area contributed by atoms with Gasteiger partial charge in [-0.3, -0.25) is 4.90 Å². The Labute approximate surface area is 123 Å². The van der Waals surface area contributed by atoms with Crippen LogP contribution in [0.25, 0.3) is 0 Å². The molecule has 1 aliphatic rings. The number of ether oxygens (including phenoxy) is 2. The topological polar surface area (TPSA) is 51.0 Å². The van der Waals surface area contributed by atoms with E-state index in [2.05, 4.69) is 14.5 Å². The Morgan fingerprint density at radius 1 is 1.24 bits per heavy atom. The quantitative estimate of drug-likeness (QED) is 0.810. The number of methoxy groups -OCH3 is 1. The van der Waals surface area contributed by atoms with Gasteiger partial charge in [-0.15, -0.1) is 0 Å². The molecule has 1 aromatic rings. The average Bonchev–Trinajstić information content (AvgIpc) is 2.47. The normalized spacial score (nSPS) is 16.5. The fraction of sp³-hybridized carbons (Fsp3) is 0.571. The van der Waals surface area contributed by atoms with E-state index in [1.807, 2.05) is 6.07 Å². The second-order valence-corrected chi connectivity index (χ2v) is 4.89. The second-order valence-electron chi connectivity index (χ2n) is 4.89. The Bertz CT molecular complexity index is 452. The molecule has 0 aromatic heterocycles. The summed E-state index contributed by atoms with van der Waals surface area (Å²) in [6, 6.07) is 4.97. The van der Waals surface area contributed by atoms with Crippen LogP contribution < -0.4 is 15.4 Å². The minimum atomic E-state index is -2.87. The molecule has 1 aromatic carbocycles. The lowest BCUT2D eigenvalue weighted by molar-refractivity contribution is -0.0493. The number of benzene rings is 1. The van der Waals surface area contributed by atoms with E-state index in [1.165, 1.54) is 6.07 Å². The molecule has 0 unspecified atom stereocenters. The van der Waals surface area contributed by atoms with Crippen molar-refractivity contribution in [2.24, 2.45) is 0 Å². The maximum atomic E-state index is 12.3.